The lowest BCUT2D eigenvalue weighted by molar-refractivity contribution is 0.0939. The molecular weight excluding hydrogens is 310 g/mol. The van der Waals surface area contributed by atoms with E-state index in [-0.39, 0.29) is 12.5 Å². The molecule has 0 radical (unpaired) electrons. The monoisotopic (exact) mass is 334 g/mol. The van der Waals surface area contributed by atoms with Crippen molar-refractivity contribution in [3.05, 3.63) is 57.9 Å². The van der Waals surface area contributed by atoms with Gasteiger partial charge >= 0.3 is 0 Å². The molecule has 0 bridgehead atoms. The van der Waals surface area contributed by atoms with Gasteiger partial charge in [0, 0.05) is 23.9 Å². The van der Waals surface area contributed by atoms with Crippen molar-refractivity contribution in [2.24, 2.45) is 5.92 Å². The Morgan fingerprint density at radius 2 is 1.83 bits per heavy atom. The number of halogens is 2. The molecule has 0 saturated carbocycles. The van der Waals surface area contributed by atoms with Crippen LogP contribution in [0.1, 0.15) is 46.7 Å². The van der Waals surface area contributed by atoms with Crippen LogP contribution in [0, 0.1) is 38.3 Å². The Balaban J connectivity index is 2.42. The van der Waals surface area contributed by atoms with Crippen molar-refractivity contribution < 1.29 is 13.6 Å². The van der Waals surface area contributed by atoms with E-state index in [1.807, 2.05) is 34.6 Å². The lowest BCUT2D eigenvalue weighted by Crippen LogP contribution is -2.30. The molecule has 3 nitrogen and oxygen atoms in total. The SMILES string of the molecule is Cc1c(C)c(C(=O)NCC(C)C)n(Cc2ccc(F)cc2F)c1C. The molecule has 130 valence electrons. The first kappa shape index (κ1) is 18.2. The Morgan fingerprint density at radius 1 is 1.17 bits per heavy atom. The maximum Gasteiger partial charge on any atom is 0.268 e. The van der Waals surface area contributed by atoms with Crippen molar-refractivity contribution in [2.45, 2.75) is 41.2 Å². The third-order valence-corrected chi connectivity index (χ3v) is 4.36. The van der Waals surface area contributed by atoms with Crippen molar-refractivity contribution in [1.29, 1.82) is 0 Å². The molecule has 0 aliphatic rings. The van der Waals surface area contributed by atoms with Crippen LogP contribution in [0.3, 0.4) is 0 Å². The smallest absolute Gasteiger partial charge is 0.268 e. The lowest BCUT2D eigenvalue weighted by atomic mass is 10.1. The van der Waals surface area contributed by atoms with Crippen LogP contribution in [0.4, 0.5) is 8.78 Å². The molecule has 2 rings (SSSR count). The molecule has 0 spiro atoms. The van der Waals surface area contributed by atoms with E-state index in [1.165, 1.54) is 12.1 Å². The predicted molar refractivity (Wildman–Crippen MR) is 91.3 cm³/mol. The fraction of sp³-hybridized carbons (Fsp3) is 0.421. The fourth-order valence-electron chi connectivity index (χ4n) is 2.71. The van der Waals surface area contributed by atoms with E-state index >= 15 is 0 Å². The summed E-state index contributed by atoms with van der Waals surface area (Å²) in [5, 5.41) is 2.92. The van der Waals surface area contributed by atoms with E-state index in [0.717, 1.165) is 22.9 Å². The van der Waals surface area contributed by atoms with Gasteiger partial charge in [0.05, 0.1) is 6.54 Å². The molecule has 0 fully saturated rings. The standard InChI is InChI=1S/C19H24F2N2O/c1-11(2)9-22-19(24)18-13(4)12(3)14(5)23(18)10-15-6-7-16(20)8-17(15)21/h6-8,11H,9-10H2,1-5H3,(H,22,24). The van der Waals surface area contributed by atoms with Gasteiger partial charge in [0.15, 0.2) is 0 Å². The second-order valence-electron chi connectivity index (χ2n) is 6.61. The van der Waals surface area contributed by atoms with E-state index in [9.17, 15) is 13.6 Å². The van der Waals surface area contributed by atoms with Gasteiger partial charge in [0.2, 0.25) is 0 Å². The van der Waals surface area contributed by atoms with Crippen molar-refractivity contribution in [3.63, 3.8) is 0 Å². The topological polar surface area (TPSA) is 34.0 Å². The third kappa shape index (κ3) is 3.66. The summed E-state index contributed by atoms with van der Waals surface area (Å²) in [6.45, 7) is 10.6. The van der Waals surface area contributed by atoms with E-state index < -0.39 is 11.6 Å². The maximum absolute atomic E-state index is 14.0. The minimum Gasteiger partial charge on any atom is -0.350 e. The number of carbonyl (C=O) groups is 1. The Labute approximate surface area is 141 Å². The number of carbonyl (C=O) groups excluding carboxylic acids is 1. The van der Waals surface area contributed by atoms with Gasteiger partial charge in [0.1, 0.15) is 17.3 Å². The van der Waals surface area contributed by atoms with Gasteiger partial charge in [-0.2, -0.15) is 0 Å². The molecule has 1 heterocycles. The number of hydrogen-bond donors (Lipinski definition) is 1. The molecule has 0 aliphatic carbocycles. The van der Waals surface area contributed by atoms with Gasteiger partial charge in [-0.3, -0.25) is 4.79 Å². The van der Waals surface area contributed by atoms with Crippen molar-refractivity contribution >= 4 is 5.91 Å². The van der Waals surface area contributed by atoms with E-state index in [0.29, 0.717) is 23.7 Å². The van der Waals surface area contributed by atoms with Crippen LogP contribution in [-0.2, 0) is 6.54 Å². The summed E-state index contributed by atoms with van der Waals surface area (Å²) in [6, 6.07) is 3.52. The first-order valence-electron chi connectivity index (χ1n) is 8.10. The molecule has 1 aromatic heterocycles. The van der Waals surface area contributed by atoms with Crippen LogP contribution in [-0.4, -0.2) is 17.0 Å². The van der Waals surface area contributed by atoms with Crippen molar-refractivity contribution in [1.82, 2.24) is 9.88 Å². The highest BCUT2D eigenvalue weighted by molar-refractivity contribution is 5.95. The molecule has 0 unspecified atom stereocenters. The molecule has 0 atom stereocenters. The first-order valence-corrected chi connectivity index (χ1v) is 8.10. The van der Waals surface area contributed by atoms with Gasteiger partial charge in [-0.05, 0) is 43.9 Å². The second kappa shape index (κ2) is 7.16. The number of nitrogens with zero attached hydrogens (tertiary/aromatic N) is 1. The molecular formula is C19H24F2N2O. The van der Waals surface area contributed by atoms with E-state index in [2.05, 4.69) is 5.32 Å². The summed E-state index contributed by atoms with van der Waals surface area (Å²) in [6.07, 6.45) is 0. The predicted octanol–water partition coefficient (Wildman–Crippen LogP) is 4.13. The molecule has 0 aliphatic heterocycles. The molecule has 24 heavy (non-hydrogen) atoms. The maximum atomic E-state index is 14.0. The molecule has 1 N–H and O–H groups in total. The average Bonchev–Trinajstić information content (AvgIpc) is 2.72. The Kier molecular flexibility index (Phi) is 5.42. The minimum absolute atomic E-state index is 0.167. The molecule has 1 amide bonds. The molecule has 2 aromatic rings. The molecule has 0 saturated heterocycles. The first-order chi connectivity index (χ1) is 11.2. The zero-order chi connectivity index (χ0) is 18.0. The van der Waals surface area contributed by atoms with Crippen LogP contribution in [0.5, 0.6) is 0 Å². The number of aromatic nitrogens is 1. The number of nitrogens with one attached hydrogen (secondary N) is 1. The van der Waals surface area contributed by atoms with Crippen molar-refractivity contribution in [2.75, 3.05) is 6.54 Å². The van der Waals surface area contributed by atoms with Gasteiger partial charge < -0.3 is 9.88 Å². The summed E-state index contributed by atoms with van der Waals surface area (Å²) < 4.78 is 28.9. The Bertz CT molecular complexity index is 763. The largest absolute Gasteiger partial charge is 0.350 e. The van der Waals surface area contributed by atoms with Crippen LogP contribution < -0.4 is 5.32 Å². The number of amides is 1. The number of rotatable bonds is 5. The van der Waals surface area contributed by atoms with Crippen LogP contribution >= 0.6 is 0 Å². The molecule has 1 aromatic carbocycles. The van der Waals surface area contributed by atoms with Crippen molar-refractivity contribution in [3.8, 4) is 0 Å². The van der Waals surface area contributed by atoms with Gasteiger partial charge in [-0.15, -0.1) is 0 Å². The average molecular weight is 334 g/mol. The van der Waals surface area contributed by atoms with Gasteiger partial charge in [-0.1, -0.05) is 19.9 Å². The zero-order valence-corrected chi connectivity index (χ0v) is 14.8. The summed E-state index contributed by atoms with van der Waals surface area (Å²) in [4.78, 5) is 12.6. The summed E-state index contributed by atoms with van der Waals surface area (Å²) >= 11 is 0. The summed E-state index contributed by atoms with van der Waals surface area (Å²) in [5.41, 5.74) is 3.69. The van der Waals surface area contributed by atoms with Crippen LogP contribution in [0.2, 0.25) is 0 Å². The highest BCUT2D eigenvalue weighted by Gasteiger charge is 2.21. The lowest BCUT2D eigenvalue weighted by Gasteiger charge is -2.14. The number of benzene rings is 1. The fourth-order valence-corrected chi connectivity index (χ4v) is 2.71. The van der Waals surface area contributed by atoms with E-state index in [4.69, 9.17) is 0 Å². The Morgan fingerprint density at radius 3 is 2.42 bits per heavy atom. The summed E-state index contributed by atoms with van der Waals surface area (Å²) in [7, 11) is 0. The Hall–Kier alpha value is -2.17. The highest BCUT2D eigenvalue weighted by Crippen LogP contribution is 2.23. The van der Waals surface area contributed by atoms with Crippen LogP contribution in [0.15, 0.2) is 18.2 Å². The van der Waals surface area contributed by atoms with Gasteiger partial charge in [-0.25, -0.2) is 8.78 Å². The normalized spacial score (nSPS) is 11.2. The zero-order valence-electron chi connectivity index (χ0n) is 14.8. The summed E-state index contributed by atoms with van der Waals surface area (Å²) in [5.74, 6) is -1.04. The van der Waals surface area contributed by atoms with Gasteiger partial charge in [0.25, 0.3) is 5.91 Å². The highest BCUT2D eigenvalue weighted by atomic mass is 19.1. The van der Waals surface area contributed by atoms with Crippen LogP contribution in [0.25, 0.3) is 0 Å². The molecule has 5 heteroatoms. The minimum atomic E-state index is -0.609. The van der Waals surface area contributed by atoms with E-state index in [1.54, 1.807) is 4.57 Å². The number of hydrogen-bond acceptors (Lipinski definition) is 1. The second-order valence-corrected chi connectivity index (χ2v) is 6.61. The quantitative estimate of drug-likeness (QED) is 0.876. The third-order valence-electron chi connectivity index (χ3n) is 4.36.